The lowest BCUT2D eigenvalue weighted by Gasteiger charge is -2.23. The van der Waals surface area contributed by atoms with Crippen molar-refractivity contribution in [2.75, 3.05) is 0 Å². The van der Waals surface area contributed by atoms with Crippen molar-refractivity contribution >= 4 is 37.8 Å². The summed E-state index contributed by atoms with van der Waals surface area (Å²) >= 11 is 6.81. The maximum absolute atomic E-state index is 12.4. The first kappa shape index (κ1) is 13.9. The molecule has 1 amide bonds. The van der Waals surface area contributed by atoms with Crippen molar-refractivity contribution in [2.45, 2.75) is 25.3 Å². The highest BCUT2D eigenvalue weighted by molar-refractivity contribution is 9.11. The van der Waals surface area contributed by atoms with E-state index in [1.807, 2.05) is 24.3 Å². The fourth-order valence-electron chi connectivity index (χ4n) is 2.54. The molecule has 1 aromatic heterocycles. The lowest BCUT2D eigenvalue weighted by Crippen LogP contribution is -2.30. The summed E-state index contributed by atoms with van der Waals surface area (Å²) in [5, 5.41) is 3.10. The second-order valence-corrected chi connectivity index (χ2v) is 6.61. The third-order valence-corrected chi connectivity index (χ3v) is 4.72. The summed E-state index contributed by atoms with van der Waals surface area (Å²) in [4.78, 5) is 12.4. The molecule has 0 saturated heterocycles. The third kappa shape index (κ3) is 2.69. The van der Waals surface area contributed by atoms with Crippen LogP contribution in [0.25, 0.3) is 0 Å². The average molecular weight is 399 g/mol. The number of fused-ring (bicyclic) bond motifs is 1. The van der Waals surface area contributed by atoms with Gasteiger partial charge < -0.3 is 9.73 Å². The number of furan rings is 1. The average Bonchev–Trinajstić information content (AvgIpc) is 2.91. The summed E-state index contributed by atoms with van der Waals surface area (Å²) < 4.78 is 7.13. The molecule has 1 N–H and O–H groups in total. The Bertz CT molecular complexity index is 651. The molecule has 20 heavy (non-hydrogen) atoms. The largest absolute Gasteiger partial charge is 0.469 e. The van der Waals surface area contributed by atoms with Crippen LogP contribution in [0, 0.1) is 0 Å². The van der Waals surface area contributed by atoms with Gasteiger partial charge in [0.15, 0.2) is 0 Å². The molecule has 0 saturated carbocycles. The molecule has 0 radical (unpaired) electrons. The van der Waals surface area contributed by atoms with Crippen molar-refractivity contribution < 1.29 is 9.21 Å². The van der Waals surface area contributed by atoms with Crippen LogP contribution in [0.15, 0.2) is 43.9 Å². The smallest absolute Gasteiger partial charge is 0.252 e. The minimum Gasteiger partial charge on any atom is -0.469 e. The summed E-state index contributed by atoms with van der Waals surface area (Å²) in [5.41, 5.74) is 1.74. The lowest BCUT2D eigenvalue weighted by molar-refractivity contribution is 0.0931. The number of hydrogen-bond acceptors (Lipinski definition) is 2. The fourth-order valence-corrected chi connectivity index (χ4v) is 3.33. The van der Waals surface area contributed by atoms with Crippen molar-refractivity contribution in [1.29, 1.82) is 0 Å². The van der Waals surface area contributed by atoms with E-state index in [9.17, 15) is 4.79 Å². The molecule has 1 heterocycles. The molecule has 1 unspecified atom stereocenters. The Hall–Kier alpha value is -1.07. The maximum Gasteiger partial charge on any atom is 0.252 e. The Morgan fingerprint density at radius 2 is 2.15 bits per heavy atom. The zero-order valence-corrected chi connectivity index (χ0v) is 13.8. The Morgan fingerprint density at radius 3 is 3.00 bits per heavy atom. The van der Waals surface area contributed by atoms with E-state index < -0.39 is 0 Å². The van der Waals surface area contributed by atoms with Crippen LogP contribution in [-0.4, -0.2) is 5.91 Å². The molecule has 0 aliphatic heterocycles. The molecular formula is C15H13Br2NO2. The van der Waals surface area contributed by atoms with Crippen molar-refractivity contribution in [3.8, 4) is 0 Å². The van der Waals surface area contributed by atoms with Gasteiger partial charge in [0, 0.05) is 20.9 Å². The van der Waals surface area contributed by atoms with Gasteiger partial charge in [0.25, 0.3) is 5.91 Å². The summed E-state index contributed by atoms with van der Waals surface area (Å²) in [6.45, 7) is 0. The Balaban J connectivity index is 1.82. The first-order valence-electron chi connectivity index (χ1n) is 6.47. The van der Waals surface area contributed by atoms with Gasteiger partial charge in [-0.15, -0.1) is 0 Å². The molecule has 3 nitrogen and oxygen atoms in total. The number of carbonyl (C=O) groups is 1. The number of carbonyl (C=O) groups excluding carboxylic acids is 1. The standard InChI is InChI=1S/C15H13Br2NO2/c16-9-4-5-12(17)11(8-9)15(19)18-13-2-1-3-14-10(13)6-7-20-14/h4-8,13H,1-3H2,(H,18,19). The van der Waals surface area contributed by atoms with E-state index in [1.54, 1.807) is 6.26 Å². The van der Waals surface area contributed by atoms with Crippen LogP contribution in [0.3, 0.4) is 0 Å². The van der Waals surface area contributed by atoms with Crippen LogP contribution in [0.1, 0.15) is 40.6 Å². The number of nitrogens with one attached hydrogen (secondary N) is 1. The van der Waals surface area contributed by atoms with E-state index in [4.69, 9.17) is 4.42 Å². The van der Waals surface area contributed by atoms with Crippen molar-refractivity contribution in [3.05, 3.63) is 56.4 Å². The van der Waals surface area contributed by atoms with Crippen LogP contribution in [0.4, 0.5) is 0 Å². The molecule has 2 aromatic rings. The number of halogens is 2. The second kappa shape index (κ2) is 5.74. The van der Waals surface area contributed by atoms with Gasteiger partial charge in [-0.1, -0.05) is 15.9 Å². The topological polar surface area (TPSA) is 42.2 Å². The zero-order chi connectivity index (χ0) is 14.1. The van der Waals surface area contributed by atoms with E-state index in [-0.39, 0.29) is 11.9 Å². The van der Waals surface area contributed by atoms with Gasteiger partial charge in [-0.3, -0.25) is 4.79 Å². The molecule has 1 aliphatic rings. The van der Waals surface area contributed by atoms with Crippen LogP contribution in [0.2, 0.25) is 0 Å². The maximum atomic E-state index is 12.4. The van der Waals surface area contributed by atoms with E-state index in [0.29, 0.717) is 5.56 Å². The first-order valence-corrected chi connectivity index (χ1v) is 8.06. The van der Waals surface area contributed by atoms with E-state index in [1.165, 1.54) is 0 Å². The molecule has 0 spiro atoms. The number of aryl methyl sites for hydroxylation is 1. The zero-order valence-electron chi connectivity index (χ0n) is 10.7. The number of rotatable bonds is 2. The first-order chi connectivity index (χ1) is 9.65. The molecule has 1 aliphatic carbocycles. The normalized spacial score (nSPS) is 17.6. The highest BCUT2D eigenvalue weighted by Gasteiger charge is 2.25. The van der Waals surface area contributed by atoms with Gasteiger partial charge in [-0.05, 0) is 53.0 Å². The van der Waals surface area contributed by atoms with E-state index in [0.717, 1.165) is 39.5 Å². The van der Waals surface area contributed by atoms with Gasteiger partial charge in [-0.2, -0.15) is 0 Å². The lowest BCUT2D eigenvalue weighted by atomic mass is 9.93. The quantitative estimate of drug-likeness (QED) is 0.802. The number of amides is 1. The van der Waals surface area contributed by atoms with Gasteiger partial charge in [0.2, 0.25) is 0 Å². The summed E-state index contributed by atoms with van der Waals surface area (Å²) in [5.74, 6) is 0.923. The van der Waals surface area contributed by atoms with Crippen molar-refractivity contribution in [3.63, 3.8) is 0 Å². The van der Waals surface area contributed by atoms with Crippen LogP contribution in [-0.2, 0) is 6.42 Å². The van der Waals surface area contributed by atoms with Gasteiger partial charge in [0.05, 0.1) is 17.9 Å². The molecule has 0 bridgehead atoms. The fraction of sp³-hybridized carbons (Fsp3) is 0.267. The molecule has 1 aromatic carbocycles. The van der Waals surface area contributed by atoms with Crippen LogP contribution in [0.5, 0.6) is 0 Å². The van der Waals surface area contributed by atoms with Crippen molar-refractivity contribution in [2.24, 2.45) is 0 Å². The van der Waals surface area contributed by atoms with Crippen LogP contribution < -0.4 is 5.32 Å². The van der Waals surface area contributed by atoms with Gasteiger partial charge >= 0.3 is 0 Å². The summed E-state index contributed by atoms with van der Waals surface area (Å²) in [7, 11) is 0. The monoisotopic (exact) mass is 397 g/mol. The molecule has 5 heteroatoms. The molecule has 1 atom stereocenters. The molecule has 3 rings (SSSR count). The highest BCUT2D eigenvalue weighted by atomic mass is 79.9. The Labute approximate surface area is 134 Å². The predicted octanol–water partition coefficient (Wildman–Crippen LogP) is 4.61. The second-order valence-electron chi connectivity index (χ2n) is 4.84. The SMILES string of the molecule is O=C(NC1CCCc2occc21)c1cc(Br)ccc1Br. The predicted molar refractivity (Wildman–Crippen MR) is 83.7 cm³/mol. The van der Waals surface area contributed by atoms with Gasteiger partial charge in [0.1, 0.15) is 5.76 Å². The molecule has 0 fully saturated rings. The Morgan fingerprint density at radius 1 is 1.30 bits per heavy atom. The van der Waals surface area contributed by atoms with Crippen molar-refractivity contribution in [1.82, 2.24) is 5.32 Å². The minimum absolute atomic E-state index is 0.0379. The van der Waals surface area contributed by atoms with Crippen LogP contribution >= 0.6 is 31.9 Å². The number of benzene rings is 1. The van der Waals surface area contributed by atoms with E-state index >= 15 is 0 Å². The Kier molecular flexibility index (Phi) is 3.98. The van der Waals surface area contributed by atoms with Gasteiger partial charge in [-0.25, -0.2) is 0 Å². The molecular weight excluding hydrogens is 386 g/mol. The van der Waals surface area contributed by atoms with E-state index in [2.05, 4.69) is 37.2 Å². The highest BCUT2D eigenvalue weighted by Crippen LogP contribution is 2.31. The molecule has 104 valence electrons. The minimum atomic E-state index is -0.0720. The summed E-state index contributed by atoms with van der Waals surface area (Å²) in [6, 6.07) is 7.57. The number of hydrogen-bond donors (Lipinski definition) is 1. The third-order valence-electron chi connectivity index (χ3n) is 3.53. The summed E-state index contributed by atoms with van der Waals surface area (Å²) in [6.07, 6.45) is 4.63.